The third-order valence-electron chi connectivity index (χ3n) is 6.56. The van der Waals surface area contributed by atoms with Crippen molar-refractivity contribution in [1.29, 1.82) is 0 Å². The molecule has 6 bridgehead atoms. The molecule has 3 aromatic rings. The van der Waals surface area contributed by atoms with Gasteiger partial charge in [0.25, 0.3) is 0 Å². The zero-order valence-electron chi connectivity index (χ0n) is 24.3. The van der Waals surface area contributed by atoms with E-state index >= 15 is 0 Å². The van der Waals surface area contributed by atoms with E-state index in [2.05, 4.69) is 57.2 Å². The first-order chi connectivity index (χ1) is 19.0. The molecule has 0 unspecified atom stereocenters. The van der Waals surface area contributed by atoms with Gasteiger partial charge in [0.05, 0.1) is 59.5 Å². The van der Waals surface area contributed by atoms with E-state index in [0.717, 1.165) is 67.3 Å². The minimum Gasteiger partial charge on any atom is -0.493 e. The summed E-state index contributed by atoms with van der Waals surface area (Å²) in [6.45, 7) is 16.8. The molecule has 0 fully saturated rings. The third-order valence-corrected chi connectivity index (χ3v) is 6.56. The molecule has 0 amide bonds. The maximum absolute atomic E-state index is 6.46. The van der Waals surface area contributed by atoms with E-state index in [1.54, 1.807) is 0 Å². The van der Waals surface area contributed by atoms with Gasteiger partial charge >= 0.3 is 0 Å². The summed E-state index contributed by atoms with van der Waals surface area (Å²) in [5.41, 5.74) is 9.38. The summed E-state index contributed by atoms with van der Waals surface area (Å²) in [4.78, 5) is 0. The van der Waals surface area contributed by atoms with Crippen LogP contribution in [0.3, 0.4) is 0 Å². The predicted molar refractivity (Wildman–Crippen MR) is 155 cm³/mol. The first-order valence-electron chi connectivity index (χ1n) is 14.0. The van der Waals surface area contributed by atoms with E-state index < -0.39 is 0 Å². The number of benzene rings is 3. The SMILES string of the molecule is CCOc1c2cc(C)cc1-c1cc(C)cc(c1OCC)-c1cc(C)cc(c1OCC)COCCOCCOC2. The molecule has 1 aliphatic rings. The Hall–Kier alpha value is -3.06. The van der Waals surface area contributed by atoms with Gasteiger partial charge in [-0.1, -0.05) is 12.1 Å². The van der Waals surface area contributed by atoms with Crippen molar-refractivity contribution < 1.29 is 28.4 Å². The lowest BCUT2D eigenvalue weighted by molar-refractivity contribution is 0.00643. The lowest BCUT2D eigenvalue weighted by Gasteiger charge is -2.23. The van der Waals surface area contributed by atoms with Crippen molar-refractivity contribution in [3.8, 4) is 39.5 Å². The zero-order chi connectivity index (χ0) is 27.8. The van der Waals surface area contributed by atoms with Crippen LogP contribution in [0, 0.1) is 20.8 Å². The number of hydrogen-bond donors (Lipinski definition) is 0. The fourth-order valence-corrected chi connectivity index (χ4v) is 5.12. The van der Waals surface area contributed by atoms with Crippen molar-refractivity contribution in [2.24, 2.45) is 0 Å². The number of fused-ring (bicyclic) bond motifs is 8. The fourth-order valence-electron chi connectivity index (χ4n) is 5.12. The smallest absolute Gasteiger partial charge is 0.135 e. The Morgan fingerprint density at radius 2 is 0.821 bits per heavy atom. The first kappa shape index (κ1) is 28.9. The first-order valence-corrected chi connectivity index (χ1v) is 14.0. The second kappa shape index (κ2) is 13.8. The summed E-state index contributed by atoms with van der Waals surface area (Å²) in [7, 11) is 0. The largest absolute Gasteiger partial charge is 0.493 e. The van der Waals surface area contributed by atoms with E-state index in [9.17, 15) is 0 Å². The van der Waals surface area contributed by atoms with Gasteiger partial charge in [-0.2, -0.15) is 0 Å². The monoisotopic (exact) mass is 534 g/mol. The highest BCUT2D eigenvalue weighted by Crippen LogP contribution is 2.48. The Labute approximate surface area is 233 Å². The molecule has 210 valence electrons. The van der Waals surface area contributed by atoms with Gasteiger partial charge in [-0.05, 0) is 82.5 Å². The van der Waals surface area contributed by atoms with E-state index in [0.29, 0.717) is 59.5 Å². The molecule has 1 aliphatic heterocycles. The fraction of sp³-hybridized carbons (Fsp3) is 0.455. The molecule has 0 spiro atoms. The van der Waals surface area contributed by atoms with Gasteiger partial charge in [0, 0.05) is 33.4 Å². The summed E-state index contributed by atoms with van der Waals surface area (Å²) >= 11 is 0. The molecular weight excluding hydrogens is 492 g/mol. The van der Waals surface area contributed by atoms with E-state index in [4.69, 9.17) is 28.4 Å². The highest BCUT2D eigenvalue weighted by molar-refractivity contribution is 5.88. The van der Waals surface area contributed by atoms with Crippen molar-refractivity contribution in [2.45, 2.75) is 54.8 Å². The van der Waals surface area contributed by atoms with Crippen molar-refractivity contribution in [3.63, 3.8) is 0 Å². The highest BCUT2D eigenvalue weighted by Gasteiger charge is 2.23. The summed E-state index contributed by atoms with van der Waals surface area (Å²) in [5.74, 6) is 2.46. The highest BCUT2D eigenvalue weighted by atomic mass is 16.5. The molecule has 4 rings (SSSR count). The zero-order valence-corrected chi connectivity index (χ0v) is 24.3. The Bertz CT molecular complexity index is 1180. The van der Waals surface area contributed by atoms with Crippen LogP contribution >= 0.6 is 0 Å². The van der Waals surface area contributed by atoms with Crippen LogP contribution < -0.4 is 14.2 Å². The van der Waals surface area contributed by atoms with Crippen molar-refractivity contribution in [3.05, 3.63) is 64.2 Å². The van der Waals surface area contributed by atoms with Crippen molar-refractivity contribution in [2.75, 3.05) is 46.2 Å². The van der Waals surface area contributed by atoms with Crippen molar-refractivity contribution >= 4 is 0 Å². The molecule has 0 aromatic heterocycles. The standard InChI is InChI=1S/C33H42O6/c1-7-37-31-25-14-22(4)16-27(31)29-18-24(6)19-30(33(29)39-9-3)28-17-23(5)15-26(32(28)38-8-2)21-36-13-11-34-10-12-35-20-25/h14-19H,7-13,20-21H2,1-6H3. The van der Waals surface area contributed by atoms with Crippen LogP contribution in [0.4, 0.5) is 0 Å². The Kier molecular flexibility index (Phi) is 10.3. The van der Waals surface area contributed by atoms with Crippen molar-refractivity contribution in [1.82, 2.24) is 0 Å². The summed E-state index contributed by atoms with van der Waals surface area (Å²) < 4.78 is 36.8. The molecule has 0 saturated heterocycles. The number of aryl methyl sites for hydroxylation is 3. The lowest BCUT2D eigenvalue weighted by Crippen LogP contribution is -2.11. The molecule has 3 aromatic carbocycles. The topological polar surface area (TPSA) is 55.4 Å². The van der Waals surface area contributed by atoms with Gasteiger partial charge in [-0.3, -0.25) is 0 Å². The average molecular weight is 535 g/mol. The van der Waals surface area contributed by atoms with Crippen LogP contribution in [0.15, 0.2) is 36.4 Å². The van der Waals surface area contributed by atoms with Gasteiger partial charge in [0.2, 0.25) is 0 Å². The van der Waals surface area contributed by atoms with Gasteiger partial charge in [0.15, 0.2) is 0 Å². The van der Waals surface area contributed by atoms with Crippen LogP contribution in [0.1, 0.15) is 48.6 Å². The third kappa shape index (κ3) is 6.93. The molecule has 0 saturated carbocycles. The second-order valence-electron chi connectivity index (χ2n) is 9.81. The molecular formula is C33H42O6. The molecule has 0 radical (unpaired) electrons. The van der Waals surface area contributed by atoms with Crippen LogP contribution in [0.2, 0.25) is 0 Å². The minimum absolute atomic E-state index is 0.433. The number of ether oxygens (including phenoxy) is 6. The maximum atomic E-state index is 6.46. The van der Waals surface area contributed by atoms with Gasteiger partial charge in [-0.15, -0.1) is 0 Å². The van der Waals surface area contributed by atoms with Gasteiger partial charge < -0.3 is 28.4 Å². The lowest BCUT2D eigenvalue weighted by atomic mass is 9.90. The summed E-state index contributed by atoms with van der Waals surface area (Å²) in [5, 5.41) is 0. The molecule has 1 heterocycles. The van der Waals surface area contributed by atoms with E-state index in [1.165, 1.54) is 0 Å². The Morgan fingerprint density at radius 3 is 1.23 bits per heavy atom. The molecule has 0 atom stereocenters. The Morgan fingerprint density at radius 1 is 0.487 bits per heavy atom. The molecule has 6 nitrogen and oxygen atoms in total. The Balaban J connectivity index is 2.04. The normalized spacial score (nSPS) is 14.3. The minimum atomic E-state index is 0.433. The second-order valence-corrected chi connectivity index (χ2v) is 9.81. The summed E-state index contributed by atoms with van der Waals surface area (Å²) in [6.07, 6.45) is 0. The molecule has 6 heteroatoms. The average Bonchev–Trinajstić information content (AvgIpc) is 2.90. The van der Waals surface area contributed by atoms with Gasteiger partial charge in [0.1, 0.15) is 17.2 Å². The van der Waals surface area contributed by atoms with Crippen LogP contribution in [-0.2, 0) is 27.4 Å². The quantitative estimate of drug-likeness (QED) is 0.333. The molecule has 0 aliphatic carbocycles. The van der Waals surface area contributed by atoms with Gasteiger partial charge in [-0.25, -0.2) is 0 Å². The number of rotatable bonds is 6. The number of hydrogen-bond acceptors (Lipinski definition) is 6. The molecule has 0 N–H and O–H groups in total. The van der Waals surface area contributed by atoms with E-state index in [1.807, 2.05) is 20.8 Å². The van der Waals surface area contributed by atoms with Crippen LogP contribution in [0.5, 0.6) is 17.2 Å². The van der Waals surface area contributed by atoms with Crippen LogP contribution in [-0.4, -0.2) is 46.2 Å². The van der Waals surface area contributed by atoms with Crippen LogP contribution in [0.25, 0.3) is 22.3 Å². The maximum Gasteiger partial charge on any atom is 0.135 e. The molecule has 39 heavy (non-hydrogen) atoms. The summed E-state index contributed by atoms with van der Waals surface area (Å²) in [6, 6.07) is 13.0. The van der Waals surface area contributed by atoms with E-state index in [-0.39, 0.29) is 0 Å². The predicted octanol–water partition coefficient (Wildman–Crippen LogP) is 7.21.